The lowest BCUT2D eigenvalue weighted by molar-refractivity contribution is -0.627. The van der Waals surface area contributed by atoms with Gasteiger partial charge in [-0.15, -0.1) is 6.32 Å². The first-order chi connectivity index (χ1) is 12.0. The standard InChI is InChI=1S/C19H29BN3O3/c1-19(2,3)26-17(25)13-20(12-16(24)21(4)5)18-22(6)14-10-8-9-11-15(14)23(18)7/h8-11H,12-13H2,1-7H3. The van der Waals surface area contributed by atoms with E-state index in [1.807, 2.05) is 59.1 Å². The molecule has 2 rings (SSSR count). The van der Waals surface area contributed by atoms with Crippen molar-refractivity contribution in [3.63, 3.8) is 0 Å². The number of hydrogen-bond acceptors (Lipinski definition) is 3. The van der Waals surface area contributed by atoms with E-state index in [0.717, 1.165) is 16.8 Å². The Morgan fingerprint density at radius 1 is 1.19 bits per heavy atom. The number of para-hydroxylation sites is 2. The van der Waals surface area contributed by atoms with Crippen molar-refractivity contribution in [1.82, 2.24) is 9.47 Å². The first-order valence-corrected chi connectivity index (χ1v) is 8.86. The van der Waals surface area contributed by atoms with Crippen LogP contribution in [-0.4, -0.2) is 47.8 Å². The molecular weight excluding hydrogens is 329 g/mol. The van der Waals surface area contributed by atoms with E-state index in [9.17, 15) is 9.59 Å². The summed E-state index contributed by atoms with van der Waals surface area (Å²) in [5.74, 6) is -0.303. The molecule has 1 amide bonds. The van der Waals surface area contributed by atoms with Gasteiger partial charge in [0.2, 0.25) is 0 Å². The van der Waals surface area contributed by atoms with E-state index in [4.69, 9.17) is 4.74 Å². The van der Waals surface area contributed by atoms with Gasteiger partial charge in [0.1, 0.15) is 5.60 Å². The van der Waals surface area contributed by atoms with Crippen LogP contribution in [0.2, 0.25) is 12.6 Å². The molecule has 1 aromatic carbocycles. The van der Waals surface area contributed by atoms with Crippen molar-refractivity contribution in [2.75, 3.05) is 14.1 Å². The molecule has 0 saturated carbocycles. The summed E-state index contributed by atoms with van der Waals surface area (Å²) in [6, 6.07) is 8.05. The van der Waals surface area contributed by atoms with E-state index < -0.39 is 5.60 Å². The summed E-state index contributed by atoms with van der Waals surface area (Å²) in [7, 11) is 7.41. The summed E-state index contributed by atoms with van der Waals surface area (Å²) in [5, 5.41) is 0. The number of ether oxygens (including phenoxy) is 1. The van der Waals surface area contributed by atoms with Gasteiger partial charge in [-0.2, -0.15) is 0 Å². The molecule has 0 unspecified atom stereocenters. The molecule has 0 aliphatic heterocycles. The van der Waals surface area contributed by atoms with Crippen LogP contribution in [0.4, 0.5) is 0 Å². The Balaban J connectivity index is 2.44. The molecule has 0 fully saturated rings. The van der Waals surface area contributed by atoms with E-state index in [0.29, 0.717) is 0 Å². The fraction of sp³-hybridized carbons (Fsp3) is 0.526. The number of imidazole rings is 1. The highest BCUT2D eigenvalue weighted by atomic mass is 16.6. The van der Waals surface area contributed by atoms with Gasteiger partial charge in [-0.3, -0.25) is 18.7 Å². The first kappa shape index (κ1) is 20.0. The predicted octanol–water partition coefficient (Wildman–Crippen LogP) is 1.13. The number of amides is 1. The molecule has 0 bridgehead atoms. The van der Waals surface area contributed by atoms with Crippen molar-refractivity contribution in [2.24, 2.45) is 14.1 Å². The molecule has 26 heavy (non-hydrogen) atoms. The summed E-state index contributed by atoms with van der Waals surface area (Å²) in [4.78, 5) is 26.4. The lowest BCUT2D eigenvalue weighted by Crippen LogP contribution is -2.57. The number of nitrogens with zero attached hydrogens (tertiary/aromatic N) is 3. The fourth-order valence-electron chi connectivity index (χ4n) is 3.28. The van der Waals surface area contributed by atoms with Gasteiger partial charge in [0.25, 0.3) is 5.97 Å². The number of esters is 1. The zero-order valence-electron chi connectivity index (χ0n) is 16.9. The summed E-state index contributed by atoms with van der Waals surface area (Å²) < 4.78 is 9.63. The minimum absolute atomic E-state index is 0.0104. The maximum atomic E-state index is 12.5. The lowest BCUT2D eigenvalue weighted by Gasteiger charge is -2.27. The number of benzene rings is 1. The number of hydrogen-bond donors (Lipinski definition) is 0. The van der Waals surface area contributed by atoms with Crippen LogP contribution in [0.15, 0.2) is 24.3 Å². The Morgan fingerprint density at radius 3 is 2.35 bits per heavy atom. The van der Waals surface area contributed by atoms with E-state index in [1.165, 1.54) is 0 Å². The molecule has 0 aliphatic rings. The second-order valence-corrected chi connectivity index (χ2v) is 7.94. The maximum Gasteiger partial charge on any atom is 0.268 e. The first-order valence-electron chi connectivity index (χ1n) is 8.86. The Labute approximate surface area is 155 Å². The van der Waals surface area contributed by atoms with Crippen LogP contribution in [-0.2, 0) is 28.4 Å². The van der Waals surface area contributed by atoms with E-state index >= 15 is 0 Å². The molecule has 0 N–H and O–H groups in total. The summed E-state index contributed by atoms with van der Waals surface area (Å²) in [6.45, 7) is 5.28. The second-order valence-electron chi connectivity index (χ2n) is 7.94. The minimum atomic E-state index is -0.547. The van der Waals surface area contributed by atoms with Crippen LogP contribution >= 0.6 is 0 Å². The van der Waals surface area contributed by atoms with Crippen LogP contribution in [0.1, 0.15) is 20.8 Å². The summed E-state index contributed by atoms with van der Waals surface area (Å²) in [5.41, 5.74) is 2.52. The summed E-state index contributed by atoms with van der Waals surface area (Å²) >= 11 is 0. The van der Waals surface area contributed by atoms with E-state index in [2.05, 4.69) is 9.13 Å². The highest BCUT2D eigenvalue weighted by Crippen LogP contribution is 2.14. The Kier molecular flexibility index (Phi) is 5.79. The molecule has 1 aromatic heterocycles. The monoisotopic (exact) mass is 358 g/mol. The van der Waals surface area contributed by atoms with Crippen molar-refractivity contribution in [3.8, 4) is 0 Å². The van der Waals surface area contributed by atoms with E-state index in [1.54, 1.807) is 19.0 Å². The third kappa shape index (κ3) is 4.45. The van der Waals surface area contributed by atoms with Gasteiger partial charge in [0.05, 0.1) is 14.1 Å². The van der Waals surface area contributed by atoms with Gasteiger partial charge in [0.15, 0.2) is 16.9 Å². The molecule has 0 atom stereocenters. The fourth-order valence-corrected chi connectivity index (χ4v) is 3.28. The number of carbonyl (C=O) groups is 2. The number of aryl methyl sites for hydroxylation is 2. The van der Waals surface area contributed by atoms with Crippen molar-refractivity contribution >= 4 is 35.3 Å². The number of carbonyl (C=O) groups excluding carboxylic acids is 2. The van der Waals surface area contributed by atoms with Crippen LogP contribution in [0.5, 0.6) is 0 Å². The molecule has 2 aromatic rings. The van der Waals surface area contributed by atoms with Gasteiger partial charge >= 0.3 is 0 Å². The average molecular weight is 358 g/mol. The lowest BCUT2D eigenvalue weighted by atomic mass is 9.43. The minimum Gasteiger partial charge on any atom is -0.462 e. The molecular formula is C19H29BN3O3. The number of aromatic nitrogens is 2. The van der Waals surface area contributed by atoms with Crippen molar-refractivity contribution in [2.45, 2.75) is 39.0 Å². The smallest absolute Gasteiger partial charge is 0.268 e. The van der Waals surface area contributed by atoms with E-state index in [-0.39, 0.29) is 31.2 Å². The normalized spacial score (nSPS) is 11.8. The van der Waals surface area contributed by atoms with Crippen molar-refractivity contribution in [1.29, 1.82) is 0 Å². The third-order valence-corrected chi connectivity index (χ3v) is 4.41. The molecule has 6 nitrogen and oxygen atoms in total. The van der Waals surface area contributed by atoms with Gasteiger partial charge in [-0.05, 0) is 32.9 Å². The Bertz CT molecular complexity index is 782. The zero-order valence-corrected chi connectivity index (χ0v) is 16.9. The van der Waals surface area contributed by atoms with Crippen molar-refractivity contribution in [3.05, 3.63) is 24.3 Å². The largest absolute Gasteiger partial charge is 0.462 e. The maximum absolute atomic E-state index is 12.5. The SMILES string of the molecule is CN(C)C(=O)C[B-](CC(=O)OC(C)(C)C)c1n(C)c2ccccc2[n+]1C. The molecule has 141 valence electrons. The Morgan fingerprint density at radius 2 is 1.81 bits per heavy atom. The van der Waals surface area contributed by atoms with Crippen LogP contribution < -0.4 is 10.3 Å². The molecule has 1 radical (unpaired) electrons. The van der Waals surface area contributed by atoms with Crippen molar-refractivity contribution < 1.29 is 18.9 Å². The van der Waals surface area contributed by atoms with Gasteiger partial charge in [0, 0.05) is 26.5 Å². The second kappa shape index (κ2) is 7.52. The van der Waals surface area contributed by atoms with Gasteiger partial charge in [-0.25, -0.2) is 0 Å². The highest BCUT2D eigenvalue weighted by molar-refractivity contribution is 6.76. The molecule has 7 heteroatoms. The number of fused-ring (bicyclic) bond motifs is 1. The molecule has 1 heterocycles. The van der Waals surface area contributed by atoms with Crippen LogP contribution in [0, 0.1) is 0 Å². The summed E-state index contributed by atoms with van der Waals surface area (Å²) in [6.07, 6.45) is 0.416. The third-order valence-electron chi connectivity index (χ3n) is 4.41. The molecule has 0 aliphatic carbocycles. The number of rotatable bonds is 5. The topological polar surface area (TPSA) is 55.4 Å². The highest BCUT2D eigenvalue weighted by Gasteiger charge is 2.25. The average Bonchev–Trinajstić information content (AvgIpc) is 2.76. The van der Waals surface area contributed by atoms with Gasteiger partial charge < -0.3 is 9.64 Å². The Hall–Kier alpha value is -2.31. The zero-order chi connectivity index (χ0) is 19.6. The molecule has 0 saturated heterocycles. The molecule has 0 spiro atoms. The van der Waals surface area contributed by atoms with Crippen LogP contribution in [0.3, 0.4) is 0 Å². The predicted molar refractivity (Wildman–Crippen MR) is 104 cm³/mol. The van der Waals surface area contributed by atoms with Gasteiger partial charge in [-0.1, -0.05) is 18.5 Å². The van der Waals surface area contributed by atoms with Crippen LogP contribution in [0.25, 0.3) is 11.0 Å². The quantitative estimate of drug-likeness (QED) is 0.458.